The van der Waals surface area contributed by atoms with E-state index in [-0.39, 0.29) is 41.8 Å². The van der Waals surface area contributed by atoms with Crippen LogP contribution >= 0.6 is 51.7 Å². The molecule has 2 N–H and O–H groups in total. The summed E-state index contributed by atoms with van der Waals surface area (Å²) >= 11 is 5.34. The Kier molecular flexibility index (Phi) is 10.3. The summed E-state index contributed by atoms with van der Waals surface area (Å²) in [5.74, 6) is 1.71. The van der Waals surface area contributed by atoms with Gasteiger partial charge in [-0.05, 0) is 36.8 Å². The Bertz CT molecular complexity index is 623. The maximum atomic E-state index is 11.8. The lowest BCUT2D eigenvalue weighted by atomic mass is 9.96. The Balaban J connectivity index is 0.00000338. The van der Waals surface area contributed by atoms with Crippen LogP contribution in [0.4, 0.5) is 0 Å². The molecule has 1 amide bonds. The molecule has 5 nitrogen and oxygen atoms in total. The highest BCUT2D eigenvalue weighted by Gasteiger charge is 2.44. The average molecular weight is 555 g/mol. The third kappa shape index (κ3) is 7.26. The van der Waals surface area contributed by atoms with Gasteiger partial charge in [0, 0.05) is 42.8 Å². The molecular formula is C18H28BrIN4OS. The molecule has 146 valence electrons. The second kappa shape index (κ2) is 11.4. The van der Waals surface area contributed by atoms with E-state index in [4.69, 9.17) is 0 Å². The quantitative estimate of drug-likeness (QED) is 0.224. The minimum atomic E-state index is -0.000841. The third-order valence-corrected chi connectivity index (χ3v) is 5.46. The minimum absolute atomic E-state index is 0. The number of benzene rings is 1. The molecule has 8 heteroatoms. The van der Waals surface area contributed by atoms with Crippen LogP contribution in [0, 0.1) is 0 Å². The lowest BCUT2D eigenvalue weighted by Gasteiger charge is -2.20. The number of halogens is 2. The summed E-state index contributed by atoms with van der Waals surface area (Å²) in [7, 11) is 3.50. The van der Waals surface area contributed by atoms with Crippen LogP contribution in [0.5, 0.6) is 0 Å². The molecule has 0 atom stereocenters. The van der Waals surface area contributed by atoms with Crippen LogP contribution in [0.2, 0.25) is 0 Å². The van der Waals surface area contributed by atoms with Crippen LogP contribution in [0.3, 0.4) is 0 Å². The fraction of sp³-hybridized carbons (Fsp3) is 0.556. The van der Waals surface area contributed by atoms with Gasteiger partial charge < -0.3 is 15.5 Å². The standard InChI is InChI=1S/C18H27BrN4OS.HI/c1-23(2)16(24)12-21-17(20-9-10-25-3)22-13-18(7-8-18)14-5-4-6-15(19)11-14;/h4-6,11H,7-10,12-13H2,1-3H3,(H2,20,21,22);1H. The van der Waals surface area contributed by atoms with E-state index in [2.05, 4.69) is 62.1 Å². The lowest BCUT2D eigenvalue weighted by molar-refractivity contribution is -0.127. The molecule has 0 spiro atoms. The largest absolute Gasteiger partial charge is 0.356 e. The zero-order chi connectivity index (χ0) is 18.3. The summed E-state index contributed by atoms with van der Waals surface area (Å²) in [5, 5.41) is 6.75. The maximum absolute atomic E-state index is 11.8. The average Bonchev–Trinajstić information content (AvgIpc) is 3.37. The fourth-order valence-electron chi connectivity index (χ4n) is 2.52. The molecule has 1 aliphatic carbocycles. The van der Waals surface area contributed by atoms with Crippen LogP contribution in [-0.4, -0.2) is 62.5 Å². The summed E-state index contributed by atoms with van der Waals surface area (Å²) in [6.45, 7) is 1.81. The van der Waals surface area contributed by atoms with Crippen molar-refractivity contribution in [1.29, 1.82) is 0 Å². The Morgan fingerprint density at radius 3 is 2.65 bits per heavy atom. The molecule has 0 bridgehead atoms. The zero-order valence-electron chi connectivity index (χ0n) is 15.5. The molecular weight excluding hydrogens is 527 g/mol. The highest BCUT2D eigenvalue weighted by atomic mass is 127. The van der Waals surface area contributed by atoms with Gasteiger partial charge in [-0.15, -0.1) is 24.0 Å². The van der Waals surface area contributed by atoms with Gasteiger partial charge in [-0.2, -0.15) is 11.8 Å². The summed E-state index contributed by atoms with van der Waals surface area (Å²) in [5.41, 5.74) is 1.53. The van der Waals surface area contributed by atoms with Crippen molar-refractivity contribution in [2.75, 3.05) is 45.7 Å². The minimum Gasteiger partial charge on any atom is -0.356 e. The number of rotatable bonds is 8. The van der Waals surface area contributed by atoms with Gasteiger partial charge in [0.05, 0.1) is 0 Å². The van der Waals surface area contributed by atoms with Crippen molar-refractivity contribution >= 4 is 63.5 Å². The Morgan fingerprint density at radius 2 is 2.08 bits per heavy atom. The molecule has 0 aliphatic heterocycles. The molecule has 0 saturated heterocycles. The van der Waals surface area contributed by atoms with Crippen LogP contribution in [0.15, 0.2) is 33.7 Å². The van der Waals surface area contributed by atoms with Gasteiger partial charge >= 0.3 is 0 Å². The van der Waals surface area contributed by atoms with Gasteiger partial charge in [-0.25, -0.2) is 4.99 Å². The van der Waals surface area contributed by atoms with Crippen LogP contribution < -0.4 is 10.6 Å². The molecule has 1 aliphatic rings. The van der Waals surface area contributed by atoms with Gasteiger partial charge in [-0.1, -0.05) is 28.1 Å². The van der Waals surface area contributed by atoms with Gasteiger partial charge in [0.15, 0.2) is 5.96 Å². The molecule has 0 aromatic heterocycles. The first kappa shape index (κ1) is 23.6. The molecule has 1 aromatic carbocycles. The van der Waals surface area contributed by atoms with Crippen molar-refractivity contribution in [2.24, 2.45) is 4.99 Å². The van der Waals surface area contributed by atoms with E-state index in [1.54, 1.807) is 30.8 Å². The molecule has 1 fully saturated rings. The van der Waals surface area contributed by atoms with E-state index < -0.39 is 0 Å². The SMILES string of the molecule is CSCCNC(=NCC(=O)N(C)C)NCC1(c2cccc(Br)c2)CC1.I. The lowest BCUT2D eigenvalue weighted by Crippen LogP contribution is -2.42. The van der Waals surface area contributed by atoms with E-state index in [1.165, 1.54) is 18.4 Å². The number of thioether (sulfide) groups is 1. The Labute approximate surface area is 186 Å². The number of likely N-dealkylation sites (N-methyl/N-ethyl adjacent to an activating group) is 1. The van der Waals surface area contributed by atoms with Crippen molar-refractivity contribution in [3.05, 3.63) is 34.3 Å². The van der Waals surface area contributed by atoms with Gasteiger partial charge in [0.25, 0.3) is 0 Å². The fourth-order valence-corrected chi connectivity index (χ4v) is 3.23. The first-order valence-corrected chi connectivity index (χ1v) is 10.6. The number of carbonyl (C=O) groups excluding carboxylic acids is 1. The first-order chi connectivity index (χ1) is 12.0. The highest BCUT2D eigenvalue weighted by molar-refractivity contribution is 14.0. The summed E-state index contributed by atoms with van der Waals surface area (Å²) in [6, 6.07) is 8.52. The number of hydrogen-bond acceptors (Lipinski definition) is 3. The van der Waals surface area contributed by atoms with Crippen LogP contribution in [0.25, 0.3) is 0 Å². The predicted octanol–water partition coefficient (Wildman–Crippen LogP) is 3.09. The maximum Gasteiger partial charge on any atom is 0.243 e. The van der Waals surface area contributed by atoms with Gasteiger partial charge in [0.2, 0.25) is 5.91 Å². The molecule has 2 rings (SSSR count). The monoisotopic (exact) mass is 554 g/mol. The number of amides is 1. The van der Waals surface area contributed by atoms with E-state index >= 15 is 0 Å². The van der Waals surface area contributed by atoms with Gasteiger partial charge in [0.1, 0.15) is 6.54 Å². The number of guanidine groups is 1. The molecule has 1 aromatic rings. The first-order valence-electron chi connectivity index (χ1n) is 8.44. The predicted molar refractivity (Wildman–Crippen MR) is 126 cm³/mol. The molecule has 1 saturated carbocycles. The van der Waals surface area contributed by atoms with Crippen LogP contribution in [-0.2, 0) is 10.2 Å². The van der Waals surface area contributed by atoms with Gasteiger partial charge in [-0.3, -0.25) is 4.79 Å². The molecule has 26 heavy (non-hydrogen) atoms. The number of carbonyl (C=O) groups is 1. The van der Waals surface area contributed by atoms with E-state index in [1.807, 2.05) is 0 Å². The summed E-state index contributed by atoms with van der Waals surface area (Å²) in [4.78, 5) is 17.8. The van der Waals surface area contributed by atoms with Crippen molar-refractivity contribution < 1.29 is 4.79 Å². The summed E-state index contributed by atoms with van der Waals surface area (Å²) < 4.78 is 1.11. The summed E-state index contributed by atoms with van der Waals surface area (Å²) in [6.07, 6.45) is 4.42. The van der Waals surface area contributed by atoms with Crippen molar-refractivity contribution in [1.82, 2.24) is 15.5 Å². The van der Waals surface area contributed by atoms with Crippen LogP contribution in [0.1, 0.15) is 18.4 Å². The number of hydrogen-bond donors (Lipinski definition) is 2. The number of nitrogens with one attached hydrogen (secondary N) is 2. The Hall–Kier alpha value is -0.480. The molecule has 0 heterocycles. The van der Waals surface area contributed by atoms with E-state index in [9.17, 15) is 4.79 Å². The second-order valence-corrected chi connectivity index (χ2v) is 8.42. The number of aliphatic imine (C=N–C) groups is 1. The normalized spacial score (nSPS) is 15.0. The number of nitrogens with zero attached hydrogens (tertiary/aromatic N) is 2. The van der Waals surface area contributed by atoms with Crippen molar-refractivity contribution in [3.63, 3.8) is 0 Å². The van der Waals surface area contributed by atoms with E-state index in [0.29, 0.717) is 5.96 Å². The Morgan fingerprint density at radius 1 is 1.35 bits per heavy atom. The zero-order valence-corrected chi connectivity index (χ0v) is 20.3. The third-order valence-electron chi connectivity index (χ3n) is 4.35. The second-order valence-electron chi connectivity index (χ2n) is 6.52. The van der Waals surface area contributed by atoms with Crippen molar-refractivity contribution in [3.8, 4) is 0 Å². The molecule has 0 unspecified atom stereocenters. The molecule has 0 radical (unpaired) electrons. The van der Waals surface area contributed by atoms with E-state index in [0.717, 1.165) is 23.3 Å². The topological polar surface area (TPSA) is 56.7 Å². The van der Waals surface area contributed by atoms with Crippen molar-refractivity contribution in [2.45, 2.75) is 18.3 Å². The highest BCUT2D eigenvalue weighted by Crippen LogP contribution is 2.48. The smallest absolute Gasteiger partial charge is 0.243 e.